The van der Waals surface area contributed by atoms with Crippen molar-refractivity contribution in [2.45, 2.75) is 19.9 Å². The number of nitrogens with one attached hydrogen (secondary N) is 1. The molecule has 0 radical (unpaired) electrons. The van der Waals surface area contributed by atoms with Gasteiger partial charge in [-0.3, -0.25) is 4.98 Å². The van der Waals surface area contributed by atoms with Gasteiger partial charge in [-0.15, -0.1) is 5.10 Å². The van der Waals surface area contributed by atoms with E-state index in [1.807, 2.05) is 48.7 Å². The molecule has 0 fully saturated rings. The molecule has 0 bridgehead atoms. The van der Waals surface area contributed by atoms with Gasteiger partial charge in [0.1, 0.15) is 17.3 Å². The first-order chi connectivity index (χ1) is 12.6. The van der Waals surface area contributed by atoms with E-state index in [2.05, 4.69) is 39.2 Å². The van der Waals surface area contributed by atoms with Gasteiger partial charge < -0.3 is 11.1 Å². The van der Waals surface area contributed by atoms with Gasteiger partial charge in [-0.2, -0.15) is 4.52 Å². The van der Waals surface area contributed by atoms with Crippen LogP contribution < -0.4 is 11.1 Å². The first-order valence-corrected chi connectivity index (χ1v) is 8.41. The summed E-state index contributed by atoms with van der Waals surface area (Å²) in [6, 6.07) is 13.8. The van der Waals surface area contributed by atoms with Gasteiger partial charge in [-0.05, 0) is 55.8 Å². The Kier molecular flexibility index (Phi) is 3.96. The normalized spacial score (nSPS) is 11.2. The Morgan fingerprint density at radius 3 is 2.62 bits per heavy atom. The molecule has 0 saturated heterocycles. The number of hydrogen-bond donors (Lipinski definition) is 2. The van der Waals surface area contributed by atoms with Crippen molar-refractivity contribution in [1.82, 2.24) is 24.6 Å². The zero-order chi connectivity index (χ0) is 18.1. The molecular formula is C19H19N7. The third kappa shape index (κ3) is 3.06. The van der Waals surface area contributed by atoms with E-state index in [9.17, 15) is 0 Å². The largest absolute Gasteiger partial charge is 0.384 e. The number of pyridine rings is 3. The van der Waals surface area contributed by atoms with Crippen molar-refractivity contribution in [3.63, 3.8) is 0 Å². The molecule has 7 nitrogen and oxygen atoms in total. The van der Waals surface area contributed by atoms with E-state index in [1.165, 1.54) is 0 Å². The Morgan fingerprint density at radius 1 is 1.04 bits per heavy atom. The van der Waals surface area contributed by atoms with Crippen molar-refractivity contribution in [3.8, 4) is 22.6 Å². The van der Waals surface area contributed by atoms with Crippen LogP contribution in [0.2, 0.25) is 0 Å². The van der Waals surface area contributed by atoms with Crippen LogP contribution in [0.1, 0.15) is 13.8 Å². The Balaban J connectivity index is 1.73. The Labute approximate surface area is 150 Å². The van der Waals surface area contributed by atoms with E-state index in [0.29, 0.717) is 29.0 Å². The van der Waals surface area contributed by atoms with Crippen LogP contribution in [0.4, 0.5) is 11.6 Å². The lowest BCUT2D eigenvalue weighted by Crippen LogP contribution is -2.10. The molecule has 0 aliphatic rings. The van der Waals surface area contributed by atoms with E-state index in [0.717, 1.165) is 16.9 Å². The number of nitrogens with two attached hydrogens (primary N) is 1. The molecule has 0 spiro atoms. The van der Waals surface area contributed by atoms with Crippen LogP contribution in [0, 0.1) is 0 Å². The fourth-order valence-corrected chi connectivity index (χ4v) is 2.72. The van der Waals surface area contributed by atoms with Crippen LogP contribution >= 0.6 is 0 Å². The molecule has 0 aliphatic heterocycles. The number of rotatable bonds is 4. The van der Waals surface area contributed by atoms with Gasteiger partial charge in [-0.25, -0.2) is 9.97 Å². The molecule has 4 aromatic rings. The molecule has 130 valence electrons. The summed E-state index contributed by atoms with van der Waals surface area (Å²) in [5.74, 6) is 1.90. The van der Waals surface area contributed by atoms with Crippen molar-refractivity contribution in [2.75, 3.05) is 11.1 Å². The standard InChI is InChI=1S/C19H19N7/c1-12(2)23-17-7-6-13(11-22-17)14-9-16(20)26-18(10-14)24-19(25-26)15-5-3-4-8-21-15/h3-12H,20H2,1-2H3,(H,22,23). The third-order valence-corrected chi connectivity index (χ3v) is 3.89. The Morgan fingerprint density at radius 2 is 1.92 bits per heavy atom. The maximum absolute atomic E-state index is 6.19. The summed E-state index contributed by atoms with van der Waals surface area (Å²) in [6.07, 6.45) is 3.54. The molecule has 3 N–H and O–H groups in total. The van der Waals surface area contributed by atoms with Crippen LogP contribution in [-0.2, 0) is 0 Å². The van der Waals surface area contributed by atoms with Crippen LogP contribution in [0.5, 0.6) is 0 Å². The van der Waals surface area contributed by atoms with Gasteiger partial charge in [0.05, 0.1) is 0 Å². The molecule has 0 unspecified atom stereocenters. The minimum absolute atomic E-state index is 0.335. The summed E-state index contributed by atoms with van der Waals surface area (Å²) in [5, 5.41) is 7.73. The van der Waals surface area contributed by atoms with Gasteiger partial charge in [0.2, 0.25) is 5.82 Å². The Hall–Kier alpha value is -3.48. The van der Waals surface area contributed by atoms with E-state index >= 15 is 0 Å². The molecule has 0 saturated carbocycles. The molecule has 4 rings (SSSR count). The maximum Gasteiger partial charge on any atom is 0.200 e. The number of hydrogen-bond acceptors (Lipinski definition) is 6. The molecule has 7 heteroatoms. The highest BCUT2D eigenvalue weighted by Gasteiger charge is 2.11. The lowest BCUT2D eigenvalue weighted by Gasteiger charge is -2.09. The first kappa shape index (κ1) is 16.0. The second-order valence-electron chi connectivity index (χ2n) is 6.32. The highest BCUT2D eigenvalue weighted by molar-refractivity contribution is 5.72. The predicted octanol–water partition coefficient (Wildman–Crippen LogP) is 3.26. The summed E-state index contributed by atoms with van der Waals surface area (Å²) >= 11 is 0. The number of nitrogens with zero attached hydrogens (tertiary/aromatic N) is 5. The molecular weight excluding hydrogens is 326 g/mol. The fraction of sp³-hybridized carbons (Fsp3) is 0.158. The van der Waals surface area contributed by atoms with E-state index in [-0.39, 0.29) is 0 Å². The number of nitrogen functional groups attached to an aromatic ring is 1. The number of fused-ring (bicyclic) bond motifs is 1. The number of aromatic nitrogens is 5. The first-order valence-electron chi connectivity index (χ1n) is 8.41. The smallest absolute Gasteiger partial charge is 0.200 e. The fourth-order valence-electron chi connectivity index (χ4n) is 2.72. The van der Waals surface area contributed by atoms with Gasteiger partial charge in [0.15, 0.2) is 5.65 Å². The predicted molar refractivity (Wildman–Crippen MR) is 103 cm³/mol. The number of anilines is 2. The highest BCUT2D eigenvalue weighted by Crippen LogP contribution is 2.25. The molecule has 0 aromatic carbocycles. The zero-order valence-electron chi connectivity index (χ0n) is 14.6. The van der Waals surface area contributed by atoms with Crippen LogP contribution in [-0.4, -0.2) is 30.6 Å². The van der Waals surface area contributed by atoms with Crippen LogP contribution in [0.15, 0.2) is 54.9 Å². The van der Waals surface area contributed by atoms with Gasteiger partial charge in [0.25, 0.3) is 0 Å². The summed E-state index contributed by atoms with van der Waals surface area (Å²) in [7, 11) is 0. The summed E-state index contributed by atoms with van der Waals surface area (Å²) in [5.41, 5.74) is 9.48. The second-order valence-corrected chi connectivity index (χ2v) is 6.32. The van der Waals surface area contributed by atoms with Crippen molar-refractivity contribution in [3.05, 3.63) is 54.9 Å². The zero-order valence-corrected chi connectivity index (χ0v) is 14.6. The quantitative estimate of drug-likeness (QED) is 0.589. The minimum Gasteiger partial charge on any atom is -0.384 e. The Bertz CT molecular complexity index is 1040. The van der Waals surface area contributed by atoms with Crippen molar-refractivity contribution in [1.29, 1.82) is 0 Å². The van der Waals surface area contributed by atoms with E-state index in [4.69, 9.17) is 5.73 Å². The van der Waals surface area contributed by atoms with E-state index < -0.39 is 0 Å². The molecule has 4 aromatic heterocycles. The molecule has 0 aliphatic carbocycles. The van der Waals surface area contributed by atoms with E-state index in [1.54, 1.807) is 10.7 Å². The average molecular weight is 345 g/mol. The van der Waals surface area contributed by atoms with Gasteiger partial charge in [-0.1, -0.05) is 6.07 Å². The maximum atomic E-state index is 6.19. The summed E-state index contributed by atoms with van der Waals surface area (Å²) < 4.78 is 1.62. The topological polar surface area (TPSA) is 94.0 Å². The summed E-state index contributed by atoms with van der Waals surface area (Å²) in [6.45, 7) is 4.16. The van der Waals surface area contributed by atoms with Crippen molar-refractivity contribution >= 4 is 17.3 Å². The van der Waals surface area contributed by atoms with Crippen LogP contribution in [0.25, 0.3) is 28.3 Å². The summed E-state index contributed by atoms with van der Waals surface area (Å²) in [4.78, 5) is 13.3. The second kappa shape index (κ2) is 6.44. The minimum atomic E-state index is 0.335. The lowest BCUT2D eigenvalue weighted by molar-refractivity contribution is 0.889. The molecule has 0 atom stereocenters. The molecule has 4 heterocycles. The van der Waals surface area contributed by atoms with Crippen molar-refractivity contribution in [2.24, 2.45) is 0 Å². The lowest BCUT2D eigenvalue weighted by atomic mass is 10.1. The SMILES string of the molecule is CC(C)Nc1ccc(-c2cc(N)n3nc(-c4ccccn4)nc3c2)cn1. The molecule has 0 amide bonds. The van der Waals surface area contributed by atoms with Gasteiger partial charge in [0, 0.05) is 24.0 Å². The monoisotopic (exact) mass is 345 g/mol. The van der Waals surface area contributed by atoms with Crippen LogP contribution in [0.3, 0.4) is 0 Å². The van der Waals surface area contributed by atoms with Crippen molar-refractivity contribution < 1.29 is 0 Å². The highest BCUT2D eigenvalue weighted by atomic mass is 15.3. The third-order valence-electron chi connectivity index (χ3n) is 3.89. The molecule has 26 heavy (non-hydrogen) atoms. The van der Waals surface area contributed by atoms with Gasteiger partial charge >= 0.3 is 0 Å². The average Bonchev–Trinajstić information content (AvgIpc) is 3.07.